The van der Waals surface area contributed by atoms with Gasteiger partial charge in [0.05, 0.1) is 0 Å². The van der Waals surface area contributed by atoms with Crippen LogP contribution in [-0.4, -0.2) is 24.5 Å². The van der Waals surface area contributed by atoms with Gasteiger partial charge in [0.25, 0.3) is 0 Å². The van der Waals surface area contributed by atoms with Gasteiger partial charge in [-0.2, -0.15) is 0 Å². The minimum Gasteiger partial charge on any atom is -0.300 e. The van der Waals surface area contributed by atoms with Crippen LogP contribution in [-0.2, 0) is 0 Å². The van der Waals surface area contributed by atoms with E-state index in [1.54, 1.807) is 0 Å². The van der Waals surface area contributed by atoms with E-state index in [-0.39, 0.29) is 30.4 Å². The van der Waals surface area contributed by atoms with Crippen LogP contribution in [0.15, 0.2) is 24.3 Å². The van der Waals surface area contributed by atoms with E-state index in [2.05, 4.69) is 52.4 Å². The lowest BCUT2D eigenvalue weighted by Gasteiger charge is -2.33. The lowest BCUT2D eigenvalue weighted by atomic mass is 9.94. The average Bonchev–Trinajstić information content (AvgIpc) is 1.85. The van der Waals surface area contributed by atoms with Crippen LogP contribution in [0.25, 0.3) is 0 Å². The average molecular weight is 240 g/mol. The first kappa shape index (κ1) is 19.6. The van der Waals surface area contributed by atoms with E-state index < -0.39 is 0 Å². The summed E-state index contributed by atoms with van der Waals surface area (Å²) in [5, 5.41) is 0. The molecule has 0 aliphatic heterocycles. The molecule has 0 bridgehead atoms. The maximum absolute atomic E-state index is 3.78. The van der Waals surface area contributed by atoms with Crippen molar-refractivity contribution < 1.29 is 0 Å². The summed E-state index contributed by atoms with van der Waals surface area (Å²) in [4.78, 5) is 2.22. The Kier molecular flexibility index (Phi) is 11.7. The third-order valence-electron chi connectivity index (χ3n) is 2.18. The highest BCUT2D eigenvalue weighted by atomic mass is 35.5. The normalized spacial score (nSPS) is 13.3. The van der Waals surface area contributed by atoms with E-state index in [4.69, 9.17) is 0 Å². The molecular weight excluding hydrogens is 217 g/mol. The van der Waals surface area contributed by atoms with E-state index >= 15 is 0 Å². The van der Waals surface area contributed by atoms with Crippen molar-refractivity contribution in [2.45, 2.75) is 32.7 Å². The van der Waals surface area contributed by atoms with Crippen LogP contribution >= 0.6 is 24.8 Å². The van der Waals surface area contributed by atoms with E-state index in [1.165, 1.54) is 5.57 Å². The summed E-state index contributed by atoms with van der Waals surface area (Å²) in [6.45, 7) is 10.3. The van der Waals surface area contributed by atoms with Crippen molar-refractivity contribution in [2.75, 3.05) is 14.1 Å². The molecule has 1 nitrogen and oxygen atoms in total. The molecule has 0 rings (SSSR count). The fraction of sp³-hybridized carbons (Fsp3) is 0.636. The molecule has 86 valence electrons. The lowest BCUT2D eigenvalue weighted by Crippen LogP contribution is -2.39. The summed E-state index contributed by atoms with van der Waals surface area (Å²) >= 11 is 0. The number of halogens is 2. The molecule has 0 saturated heterocycles. The van der Waals surface area contributed by atoms with Crippen LogP contribution in [0.5, 0.6) is 0 Å². The molecule has 14 heavy (non-hydrogen) atoms. The number of hydrogen-bond donors (Lipinski definition) is 0. The summed E-state index contributed by atoms with van der Waals surface area (Å²) in [6, 6.07) is 0. The topological polar surface area (TPSA) is 3.24 Å². The quantitative estimate of drug-likeness (QED) is 0.677. The summed E-state index contributed by atoms with van der Waals surface area (Å²) in [7, 11) is 4.20. The van der Waals surface area contributed by atoms with E-state index in [0.29, 0.717) is 0 Å². The SMILES string of the molecule is C=CCC(C)(C=C(C)C)N(C)C.Cl.Cl. The van der Waals surface area contributed by atoms with E-state index in [9.17, 15) is 0 Å². The van der Waals surface area contributed by atoms with Crippen molar-refractivity contribution in [3.8, 4) is 0 Å². The van der Waals surface area contributed by atoms with Gasteiger partial charge in [-0.15, -0.1) is 31.4 Å². The van der Waals surface area contributed by atoms with Gasteiger partial charge in [-0.25, -0.2) is 0 Å². The van der Waals surface area contributed by atoms with Gasteiger partial charge in [0.1, 0.15) is 0 Å². The fourth-order valence-electron chi connectivity index (χ4n) is 1.28. The zero-order valence-corrected chi connectivity index (χ0v) is 11.5. The molecule has 0 aliphatic carbocycles. The molecular formula is C11H23Cl2N. The van der Waals surface area contributed by atoms with Gasteiger partial charge in [0.15, 0.2) is 0 Å². The molecule has 1 atom stereocenters. The van der Waals surface area contributed by atoms with Crippen LogP contribution in [0.2, 0.25) is 0 Å². The summed E-state index contributed by atoms with van der Waals surface area (Å²) < 4.78 is 0. The largest absolute Gasteiger partial charge is 0.300 e. The molecule has 0 aromatic heterocycles. The Morgan fingerprint density at radius 1 is 1.29 bits per heavy atom. The molecule has 0 spiro atoms. The molecule has 3 heteroatoms. The lowest BCUT2D eigenvalue weighted by molar-refractivity contribution is 0.231. The van der Waals surface area contributed by atoms with Crippen LogP contribution in [0.4, 0.5) is 0 Å². The zero-order chi connectivity index (χ0) is 9.78. The third kappa shape index (κ3) is 6.47. The standard InChI is InChI=1S/C11H21N.2ClH/c1-7-8-11(4,12(5)6)9-10(2)3;;/h7,9H,1,8H2,2-6H3;2*1H. The number of likely N-dealkylation sites (N-methyl/N-ethyl adjacent to an activating group) is 1. The minimum atomic E-state index is 0. The highest BCUT2D eigenvalue weighted by Crippen LogP contribution is 2.20. The monoisotopic (exact) mass is 239 g/mol. The van der Waals surface area contributed by atoms with Gasteiger partial charge >= 0.3 is 0 Å². The van der Waals surface area contributed by atoms with Crippen molar-refractivity contribution in [3.63, 3.8) is 0 Å². The molecule has 0 aliphatic rings. The molecule has 0 aromatic carbocycles. The van der Waals surface area contributed by atoms with Crippen LogP contribution in [0.1, 0.15) is 27.2 Å². The smallest absolute Gasteiger partial charge is 0.0393 e. The Morgan fingerprint density at radius 3 is 1.93 bits per heavy atom. The van der Waals surface area contributed by atoms with E-state index in [1.807, 2.05) is 6.08 Å². The van der Waals surface area contributed by atoms with Gasteiger partial charge in [-0.1, -0.05) is 17.7 Å². The Labute approximate surface area is 101 Å². The molecule has 0 aromatic rings. The predicted octanol–water partition coefficient (Wildman–Crippen LogP) is 3.69. The molecule has 0 N–H and O–H groups in total. The predicted molar refractivity (Wildman–Crippen MR) is 70.8 cm³/mol. The number of allylic oxidation sites excluding steroid dienone is 1. The highest BCUT2D eigenvalue weighted by molar-refractivity contribution is 5.85. The first-order valence-electron chi connectivity index (χ1n) is 4.37. The molecule has 0 amide bonds. The summed E-state index contributed by atoms with van der Waals surface area (Å²) in [5.74, 6) is 0. The van der Waals surface area contributed by atoms with Crippen LogP contribution in [0, 0.1) is 0 Å². The molecule has 0 saturated carbocycles. The first-order chi connectivity index (χ1) is 5.42. The van der Waals surface area contributed by atoms with Gasteiger partial charge in [0.2, 0.25) is 0 Å². The number of hydrogen-bond acceptors (Lipinski definition) is 1. The van der Waals surface area contributed by atoms with Crippen molar-refractivity contribution in [3.05, 3.63) is 24.3 Å². The maximum atomic E-state index is 3.78. The van der Waals surface area contributed by atoms with E-state index in [0.717, 1.165) is 6.42 Å². The van der Waals surface area contributed by atoms with Gasteiger partial charge in [-0.3, -0.25) is 0 Å². The molecule has 1 unspecified atom stereocenters. The molecule has 0 heterocycles. The summed E-state index contributed by atoms with van der Waals surface area (Å²) in [6.07, 6.45) is 5.25. The fourth-order valence-corrected chi connectivity index (χ4v) is 1.28. The van der Waals surface area contributed by atoms with Gasteiger partial charge < -0.3 is 4.90 Å². The van der Waals surface area contributed by atoms with Crippen LogP contribution < -0.4 is 0 Å². The van der Waals surface area contributed by atoms with Gasteiger partial charge in [-0.05, 0) is 41.3 Å². The number of nitrogens with zero attached hydrogens (tertiary/aromatic N) is 1. The number of rotatable bonds is 4. The zero-order valence-electron chi connectivity index (χ0n) is 9.83. The van der Waals surface area contributed by atoms with Crippen molar-refractivity contribution in [1.82, 2.24) is 4.90 Å². The Bertz CT molecular complexity index is 184. The van der Waals surface area contributed by atoms with Crippen molar-refractivity contribution in [2.24, 2.45) is 0 Å². The summed E-state index contributed by atoms with van der Waals surface area (Å²) in [5.41, 5.74) is 1.48. The van der Waals surface area contributed by atoms with Crippen molar-refractivity contribution >= 4 is 24.8 Å². The second-order valence-electron chi connectivity index (χ2n) is 3.97. The minimum absolute atomic E-state index is 0. The van der Waals surface area contributed by atoms with Crippen LogP contribution in [0.3, 0.4) is 0 Å². The second kappa shape index (κ2) is 8.34. The maximum Gasteiger partial charge on any atom is 0.0393 e. The Morgan fingerprint density at radius 2 is 1.71 bits per heavy atom. The molecule has 0 radical (unpaired) electrons. The Balaban J connectivity index is -0.000000605. The van der Waals surface area contributed by atoms with Crippen molar-refractivity contribution in [1.29, 1.82) is 0 Å². The highest BCUT2D eigenvalue weighted by Gasteiger charge is 2.21. The molecule has 0 fully saturated rings. The van der Waals surface area contributed by atoms with Gasteiger partial charge in [0, 0.05) is 5.54 Å². The first-order valence-corrected chi connectivity index (χ1v) is 4.37. The second-order valence-corrected chi connectivity index (χ2v) is 3.97. The Hall–Kier alpha value is 0.0200. The third-order valence-corrected chi connectivity index (χ3v) is 2.18.